The van der Waals surface area contributed by atoms with E-state index in [1.807, 2.05) is 13.8 Å². The summed E-state index contributed by atoms with van der Waals surface area (Å²) in [7, 11) is 0. The Labute approximate surface area is 412 Å². The minimum Gasteiger partial charge on any atom is -0.0683 e. The van der Waals surface area contributed by atoms with Gasteiger partial charge in [0.2, 0.25) is 0 Å². The summed E-state index contributed by atoms with van der Waals surface area (Å²) in [6, 6.07) is 58.9. The van der Waals surface area contributed by atoms with Gasteiger partial charge in [-0.3, -0.25) is 0 Å². The first kappa shape index (κ1) is 51.2. The number of hydrogen-bond donors (Lipinski definition) is 0. The molecule has 1 atom stereocenters. The predicted molar refractivity (Wildman–Crippen MR) is 296 cm³/mol. The average Bonchev–Trinajstić information content (AvgIpc) is 3.31. The quantitative estimate of drug-likeness (QED) is 0.114. The summed E-state index contributed by atoms with van der Waals surface area (Å²) in [5.74, 6) is 0.381. The lowest BCUT2D eigenvalue weighted by atomic mass is 9.71. The first-order valence-corrected chi connectivity index (χ1v) is 25.1. The summed E-state index contributed by atoms with van der Waals surface area (Å²) in [5, 5.41) is 0. The highest BCUT2D eigenvalue weighted by molar-refractivity contribution is 5.52. The van der Waals surface area contributed by atoms with E-state index < -0.39 is 0 Å². The van der Waals surface area contributed by atoms with Gasteiger partial charge in [-0.05, 0) is 204 Å². The van der Waals surface area contributed by atoms with Crippen LogP contribution < -0.4 is 0 Å². The lowest BCUT2D eigenvalue weighted by Gasteiger charge is -2.32. The van der Waals surface area contributed by atoms with Crippen LogP contribution in [0.4, 0.5) is 0 Å². The van der Waals surface area contributed by atoms with Gasteiger partial charge in [0.05, 0.1) is 0 Å². The molecule has 0 aliphatic carbocycles. The summed E-state index contributed by atoms with van der Waals surface area (Å²) >= 11 is 0. The largest absolute Gasteiger partial charge is 0.0683 e. The highest BCUT2D eigenvalue weighted by atomic mass is 14.3. The molecule has 0 radical (unpaired) electrons. The Hall–Kier alpha value is -6.24. The molecule has 0 N–H and O–H groups in total. The fraction of sp³-hybridized carbons (Fsp3) is 0.294. The molecule has 0 aliphatic heterocycles. The first-order chi connectivity index (χ1) is 32.5. The maximum atomic E-state index is 2.40. The van der Waals surface area contributed by atoms with Crippen molar-refractivity contribution in [1.82, 2.24) is 0 Å². The third kappa shape index (κ3) is 11.9. The van der Waals surface area contributed by atoms with E-state index in [0.717, 1.165) is 19.3 Å². The van der Waals surface area contributed by atoms with Gasteiger partial charge in [-0.2, -0.15) is 0 Å². The van der Waals surface area contributed by atoms with Crippen molar-refractivity contribution in [2.24, 2.45) is 0 Å². The first-order valence-electron chi connectivity index (χ1n) is 25.1. The molecular formula is C68H78. The van der Waals surface area contributed by atoms with E-state index in [9.17, 15) is 0 Å². The molecule has 8 aromatic rings. The summed E-state index contributed by atoms with van der Waals surface area (Å²) in [6.07, 6.45) is 2.97. The molecule has 0 spiro atoms. The zero-order valence-corrected chi connectivity index (χ0v) is 44.2. The van der Waals surface area contributed by atoms with Gasteiger partial charge in [0.25, 0.3) is 0 Å². The van der Waals surface area contributed by atoms with Crippen molar-refractivity contribution in [2.45, 2.75) is 134 Å². The smallest absolute Gasteiger partial charge is 0.0423 e. The third-order valence-electron chi connectivity index (χ3n) is 14.4. The van der Waals surface area contributed by atoms with Crippen LogP contribution in [0.3, 0.4) is 0 Å². The SMILES string of the molecule is CC.Cc1cc(C)c(C)c(Cc2cc(C)cc(C)c2Cc2ccc(C(C)(c3ccccc3)c3ccccc3)cc2)c1.Cc1ccc(C(Cc2c(C)cc(C)cc2C)c2c(C)cc(C)cc2C)cc1. The summed E-state index contributed by atoms with van der Waals surface area (Å²) in [4.78, 5) is 0. The summed E-state index contributed by atoms with van der Waals surface area (Å²) in [6.45, 7) is 33.1. The molecule has 68 heavy (non-hydrogen) atoms. The van der Waals surface area contributed by atoms with Gasteiger partial charge in [0, 0.05) is 11.3 Å². The predicted octanol–water partition coefficient (Wildman–Crippen LogP) is 18.0. The number of benzene rings is 8. The molecule has 1 unspecified atom stereocenters. The Kier molecular flexibility index (Phi) is 17.1. The molecule has 0 fully saturated rings. The van der Waals surface area contributed by atoms with Crippen LogP contribution in [0.1, 0.15) is 149 Å². The molecule has 0 heteroatoms. The van der Waals surface area contributed by atoms with Crippen molar-refractivity contribution in [1.29, 1.82) is 0 Å². The van der Waals surface area contributed by atoms with E-state index in [1.54, 1.807) is 0 Å². The van der Waals surface area contributed by atoms with Crippen LogP contribution in [0, 0.1) is 83.1 Å². The monoisotopic (exact) mass is 895 g/mol. The zero-order chi connectivity index (χ0) is 49.3. The van der Waals surface area contributed by atoms with Crippen LogP contribution >= 0.6 is 0 Å². The molecule has 0 amide bonds. The molecule has 0 nitrogen and oxygen atoms in total. The molecule has 0 bridgehead atoms. The summed E-state index contributed by atoms with van der Waals surface area (Å²) < 4.78 is 0. The molecule has 0 saturated heterocycles. The second-order valence-electron chi connectivity index (χ2n) is 19.9. The van der Waals surface area contributed by atoms with E-state index in [-0.39, 0.29) is 5.41 Å². The fourth-order valence-electron chi connectivity index (χ4n) is 10.9. The van der Waals surface area contributed by atoms with Crippen LogP contribution in [0.25, 0.3) is 0 Å². The molecule has 0 heterocycles. The standard InChI is InChI=1S/C39H40.C27H32.C2H6/c1-27-21-29(3)31(5)33(23-27)26-34-24-28(2)22-30(4)38(34)25-32-17-19-37(20-18-32)39(6,35-13-9-7-10-14-35)36-15-11-8-12-16-36;1-17-8-10-24(11-9-17)26(27-22(6)14-19(3)15-23(27)7)16-25-20(4)12-18(2)13-21(25)5;1-2/h7-24H,25-26H2,1-6H3;8-15,26H,16H2,1-7H3;1-2H3. The van der Waals surface area contributed by atoms with Crippen LogP contribution in [0.15, 0.2) is 158 Å². The minimum absolute atomic E-state index is 0.216. The Balaban J connectivity index is 0.000000230. The Morgan fingerprint density at radius 3 is 1.28 bits per heavy atom. The number of rotatable bonds is 11. The number of hydrogen-bond acceptors (Lipinski definition) is 0. The van der Waals surface area contributed by atoms with Crippen molar-refractivity contribution in [3.05, 3.63) is 280 Å². The molecule has 8 aromatic carbocycles. The molecule has 0 aromatic heterocycles. The van der Waals surface area contributed by atoms with Crippen molar-refractivity contribution >= 4 is 0 Å². The summed E-state index contributed by atoms with van der Waals surface area (Å²) in [5.41, 5.74) is 30.3. The van der Waals surface area contributed by atoms with Gasteiger partial charge >= 0.3 is 0 Å². The molecule has 0 saturated carbocycles. The Morgan fingerprint density at radius 2 is 0.779 bits per heavy atom. The van der Waals surface area contributed by atoms with Gasteiger partial charge in [-0.25, -0.2) is 0 Å². The van der Waals surface area contributed by atoms with Crippen molar-refractivity contribution < 1.29 is 0 Å². The third-order valence-corrected chi connectivity index (χ3v) is 14.4. The minimum atomic E-state index is -0.216. The average molecular weight is 895 g/mol. The second kappa shape index (κ2) is 22.7. The molecule has 350 valence electrons. The van der Waals surface area contributed by atoms with Crippen molar-refractivity contribution in [2.75, 3.05) is 0 Å². The highest BCUT2D eigenvalue weighted by Crippen LogP contribution is 2.40. The molecule has 8 rings (SSSR count). The Morgan fingerprint density at radius 1 is 0.368 bits per heavy atom. The van der Waals surface area contributed by atoms with Crippen LogP contribution in [-0.4, -0.2) is 0 Å². The topological polar surface area (TPSA) is 0 Å². The van der Waals surface area contributed by atoms with Crippen LogP contribution in [0.2, 0.25) is 0 Å². The van der Waals surface area contributed by atoms with Gasteiger partial charge in [0.1, 0.15) is 0 Å². The molecule has 0 aliphatic rings. The van der Waals surface area contributed by atoms with Gasteiger partial charge < -0.3 is 0 Å². The van der Waals surface area contributed by atoms with Gasteiger partial charge in [-0.15, -0.1) is 0 Å². The van der Waals surface area contributed by atoms with Gasteiger partial charge in [-0.1, -0.05) is 199 Å². The van der Waals surface area contributed by atoms with E-state index >= 15 is 0 Å². The second-order valence-corrected chi connectivity index (χ2v) is 19.9. The van der Waals surface area contributed by atoms with Crippen molar-refractivity contribution in [3.8, 4) is 0 Å². The van der Waals surface area contributed by atoms with E-state index in [2.05, 4.69) is 248 Å². The maximum absolute atomic E-state index is 2.40. The highest BCUT2D eigenvalue weighted by Gasteiger charge is 2.31. The van der Waals surface area contributed by atoms with E-state index in [0.29, 0.717) is 5.92 Å². The lowest BCUT2D eigenvalue weighted by Crippen LogP contribution is -2.25. The number of aryl methyl sites for hydroxylation is 11. The normalized spacial score (nSPS) is 11.6. The lowest BCUT2D eigenvalue weighted by molar-refractivity contribution is 0.692. The molecular weight excluding hydrogens is 817 g/mol. The Bertz CT molecular complexity index is 2840. The fourth-order valence-corrected chi connectivity index (χ4v) is 10.9. The van der Waals surface area contributed by atoms with Gasteiger partial charge in [0.15, 0.2) is 0 Å². The van der Waals surface area contributed by atoms with Crippen LogP contribution in [0.5, 0.6) is 0 Å². The van der Waals surface area contributed by atoms with Crippen molar-refractivity contribution in [3.63, 3.8) is 0 Å². The maximum Gasteiger partial charge on any atom is 0.0423 e. The van der Waals surface area contributed by atoms with E-state index in [4.69, 9.17) is 0 Å². The van der Waals surface area contributed by atoms with E-state index in [1.165, 1.54) is 122 Å². The zero-order valence-electron chi connectivity index (χ0n) is 44.2. The van der Waals surface area contributed by atoms with Crippen LogP contribution in [-0.2, 0) is 24.7 Å².